The molecule has 0 unspecified atom stereocenters. The van der Waals surface area contributed by atoms with Crippen LogP contribution < -0.4 is 9.47 Å². The molecule has 2 aromatic rings. The lowest BCUT2D eigenvalue weighted by Crippen LogP contribution is -2.30. The van der Waals surface area contributed by atoms with Gasteiger partial charge in [-0.25, -0.2) is 0 Å². The Labute approximate surface area is 144 Å². The van der Waals surface area contributed by atoms with Crippen LogP contribution in [0.3, 0.4) is 0 Å². The highest BCUT2D eigenvalue weighted by Crippen LogP contribution is 2.31. The molecular formula is C20H27NO3. The molecule has 0 aliphatic carbocycles. The molecule has 0 spiro atoms. The summed E-state index contributed by atoms with van der Waals surface area (Å²) in [4.78, 5) is 2.19. The zero-order chi connectivity index (χ0) is 17.5. The summed E-state index contributed by atoms with van der Waals surface area (Å²) in [5, 5.41) is 9.81. The van der Waals surface area contributed by atoms with Gasteiger partial charge in [-0.15, -0.1) is 0 Å². The van der Waals surface area contributed by atoms with Crippen LogP contribution in [-0.2, 0) is 0 Å². The van der Waals surface area contributed by atoms with E-state index in [2.05, 4.69) is 30.0 Å². The first-order valence-corrected chi connectivity index (χ1v) is 8.18. The van der Waals surface area contributed by atoms with Gasteiger partial charge in [-0.1, -0.05) is 43.3 Å². The third-order valence-corrected chi connectivity index (χ3v) is 4.43. The number of hydrogen-bond donors (Lipinski definition) is 1. The Morgan fingerprint density at radius 2 is 1.62 bits per heavy atom. The third kappa shape index (κ3) is 4.28. The van der Waals surface area contributed by atoms with E-state index in [0.29, 0.717) is 5.92 Å². The minimum atomic E-state index is -0.00575. The molecule has 0 aromatic heterocycles. The van der Waals surface area contributed by atoms with Crippen molar-refractivity contribution in [1.29, 1.82) is 0 Å². The minimum absolute atomic E-state index is 0.00575. The standard InChI is InChI=1S/C20H27NO3/c1-15(17-10-11-19(23-3)20(12-17)24-4)13-21(2)18(14-22)16-8-6-5-7-9-16/h5-12,15,18,22H,13-14H2,1-4H3/t15-,18-/m0/s1. The summed E-state index contributed by atoms with van der Waals surface area (Å²) in [7, 11) is 5.33. The van der Waals surface area contributed by atoms with Crippen molar-refractivity contribution in [2.45, 2.75) is 18.9 Å². The fourth-order valence-electron chi connectivity index (χ4n) is 3.00. The summed E-state index contributed by atoms with van der Waals surface area (Å²) in [6.45, 7) is 3.10. The van der Waals surface area contributed by atoms with Crippen LogP contribution in [0.5, 0.6) is 11.5 Å². The average molecular weight is 329 g/mol. The van der Waals surface area contributed by atoms with Crippen molar-refractivity contribution >= 4 is 0 Å². The molecule has 0 radical (unpaired) electrons. The lowest BCUT2D eigenvalue weighted by Gasteiger charge is -2.29. The van der Waals surface area contributed by atoms with Gasteiger partial charge in [-0.3, -0.25) is 4.90 Å². The fourth-order valence-corrected chi connectivity index (χ4v) is 3.00. The number of nitrogens with zero attached hydrogens (tertiary/aromatic N) is 1. The molecule has 4 heteroatoms. The molecule has 0 aliphatic heterocycles. The van der Waals surface area contributed by atoms with Gasteiger partial charge < -0.3 is 14.6 Å². The summed E-state index contributed by atoms with van der Waals surface area (Å²) in [6.07, 6.45) is 0. The Kier molecular flexibility index (Phi) is 6.64. The Balaban J connectivity index is 2.11. The van der Waals surface area contributed by atoms with E-state index in [9.17, 15) is 5.11 Å². The van der Waals surface area contributed by atoms with Gasteiger partial charge in [0.05, 0.1) is 26.9 Å². The van der Waals surface area contributed by atoms with E-state index in [-0.39, 0.29) is 12.6 Å². The van der Waals surface area contributed by atoms with Crippen molar-refractivity contribution < 1.29 is 14.6 Å². The molecule has 0 saturated heterocycles. The highest BCUT2D eigenvalue weighted by molar-refractivity contribution is 5.43. The van der Waals surface area contributed by atoms with Crippen LogP contribution in [0, 0.1) is 0 Å². The van der Waals surface area contributed by atoms with Gasteiger partial charge >= 0.3 is 0 Å². The first kappa shape index (κ1) is 18.3. The molecule has 2 atom stereocenters. The number of hydrogen-bond acceptors (Lipinski definition) is 4. The number of ether oxygens (including phenoxy) is 2. The lowest BCUT2D eigenvalue weighted by molar-refractivity contribution is 0.143. The lowest BCUT2D eigenvalue weighted by atomic mass is 9.98. The Hall–Kier alpha value is -2.04. The second-order valence-electron chi connectivity index (χ2n) is 6.06. The van der Waals surface area contributed by atoms with Crippen molar-refractivity contribution in [3.63, 3.8) is 0 Å². The van der Waals surface area contributed by atoms with E-state index >= 15 is 0 Å². The quantitative estimate of drug-likeness (QED) is 0.805. The summed E-state index contributed by atoms with van der Waals surface area (Å²) in [5.74, 6) is 1.78. The highest BCUT2D eigenvalue weighted by Gasteiger charge is 2.19. The van der Waals surface area contributed by atoms with Crippen LogP contribution >= 0.6 is 0 Å². The number of aliphatic hydroxyl groups is 1. The zero-order valence-corrected chi connectivity index (χ0v) is 14.9. The molecule has 0 saturated carbocycles. The van der Waals surface area contributed by atoms with Crippen LogP contribution in [0.4, 0.5) is 0 Å². The molecule has 0 heterocycles. The topological polar surface area (TPSA) is 41.9 Å². The van der Waals surface area contributed by atoms with Gasteiger partial charge in [-0.2, -0.15) is 0 Å². The number of methoxy groups -OCH3 is 2. The highest BCUT2D eigenvalue weighted by atomic mass is 16.5. The van der Waals surface area contributed by atoms with Crippen molar-refractivity contribution in [2.24, 2.45) is 0 Å². The molecule has 0 aliphatic rings. The van der Waals surface area contributed by atoms with Gasteiger partial charge in [0.2, 0.25) is 0 Å². The number of rotatable bonds is 8. The molecule has 4 nitrogen and oxygen atoms in total. The maximum atomic E-state index is 9.81. The van der Waals surface area contributed by atoms with E-state index in [4.69, 9.17) is 9.47 Å². The van der Waals surface area contributed by atoms with Gasteiger partial charge in [-0.05, 0) is 36.2 Å². The number of likely N-dealkylation sites (N-methyl/N-ethyl adjacent to an activating group) is 1. The maximum absolute atomic E-state index is 9.81. The molecule has 2 aromatic carbocycles. The number of benzene rings is 2. The van der Waals surface area contributed by atoms with Crippen LogP contribution in [-0.4, -0.2) is 44.4 Å². The first-order valence-electron chi connectivity index (χ1n) is 8.18. The second kappa shape index (κ2) is 8.71. The Morgan fingerprint density at radius 1 is 0.958 bits per heavy atom. The van der Waals surface area contributed by atoms with E-state index in [1.807, 2.05) is 37.4 Å². The summed E-state index contributed by atoms with van der Waals surface area (Å²) >= 11 is 0. The molecule has 1 N–H and O–H groups in total. The van der Waals surface area contributed by atoms with Crippen LogP contribution in [0.25, 0.3) is 0 Å². The Bertz CT molecular complexity index is 630. The van der Waals surface area contributed by atoms with E-state index in [0.717, 1.165) is 23.6 Å². The van der Waals surface area contributed by atoms with Crippen LogP contribution in [0.1, 0.15) is 30.0 Å². The van der Waals surface area contributed by atoms with Crippen LogP contribution in [0.15, 0.2) is 48.5 Å². The second-order valence-corrected chi connectivity index (χ2v) is 6.06. The molecule has 24 heavy (non-hydrogen) atoms. The molecule has 0 fully saturated rings. The monoisotopic (exact) mass is 329 g/mol. The van der Waals surface area contributed by atoms with E-state index < -0.39 is 0 Å². The largest absolute Gasteiger partial charge is 0.493 e. The van der Waals surface area contributed by atoms with Gasteiger partial charge in [0.25, 0.3) is 0 Å². The first-order chi connectivity index (χ1) is 11.6. The predicted molar refractivity (Wildman–Crippen MR) is 96.9 cm³/mol. The van der Waals surface area contributed by atoms with Crippen molar-refractivity contribution in [3.8, 4) is 11.5 Å². The van der Waals surface area contributed by atoms with Gasteiger partial charge in [0.15, 0.2) is 11.5 Å². The fraction of sp³-hybridized carbons (Fsp3) is 0.400. The number of aliphatic hydroxyl groups excluding tert-OH is 1. The van der Waals surface area contributed by atoms with Gasteiger partial charge in [0, 0.05) is 6.54 Å². The summed E-state index contributed by atoms with van der Waals surface area (Å²) in [6, 6.07) is 16.1. The normalized spacial score (nSPS) is 13.6. The Morgan fingerprint density at radius 3 is 2.21 bits per heavy atom. The molecular weight excluding hydrogens is 302 g/mol. The average Bonchev–Trinajstić information content (AvgIpc) is 2.62. The smallest absolute Gasteiger partial charge is 0.160 e. The molecule has 130 valence electrons. The maximum Gasteiger partial charge on any atom is 0.160 e. The van der Waals surface area contributed by atoms with Crippen molar-refractivity contribution in [3.05, 3.63) is 59.7 Å². The van der Waals surface area contributed by atoms with Gasteiger partial charge in [0.1, 0.15) is 0 Å². The predicted octanol–water partition coefficient (Wildman–Crippen LogP) is 3.47. The molecule has 0 amide bonds. The summed E-state index contributed by atoms with van der Waals surface area (Å²) in [5.41, 5.74) is 2.31. The SMILES string of the molecule is COc1ccc([C@@H](C)CN(C)[C@@H](CO)c2ccccc2)cc1OC. The molecule has 2 rings (SSSR count). The third-order valence-electron chi connectivity index (χ3n) is 4.43. The summed E-state index contributed by atoms with van der Waals surface area (Å²) < 4.78 is 10.7. The van der Waals surface area contributed by atoms with E-state index in [1.165, 1.54) is 5.56 Å². The van der Waals surface area contributed by atoms with Crippen molar-refractivity contribution in [1.82, 2.24) is 4.90 Å². The zero-order valence-electron chi connectivity index (χ0n) is 14.9. The van der Waals surface area contributed by atoms with Crippen molar-refractivity contribution in [2.75, 3.05) is 34.4 Å². The van der Waals surface area contributed by atoms with E-state index in [1.54, 1.807) is 14.2 Å². The minimum Gasteiger partial charge on any atom is -0.493 e. The molecule has 0 bridgehead atoms. The van der Waals surface area contributed by atoms with Crippen LogP contribution in [0.2, 0.25) is 0 Å².